The predicted molar refractivity (Wildman–Crippen MR) is 105 cm³/mol. The van der Waals surface area contributed by atoms with Crippen molar-refractivity contribution in [3.8, 4) is 0 Å². The van der Waals surface area contributed by atoms with Crippen molar-refractivity contribution in [2.45, 2.75) is 32.2 Å². The maximum Gasteiger partial charge on any atom is 0.340 e. The van der Waals surface area contributed by atoms with Crippen LogP contribution in [-0.2, 0) is 16.0 Å². The van der Waals surface area contributed by atoms with Crippen LogP contribution >= 0.6 is 11.3 Å². The van der Waals surface area contributed by atoms with E-state index in [1.165, 1.54) is 28.2 Å². The third-order valence-corrected chi connectivity index (χ3v) is 6.40. The molecule has 0 saturated heterocycles. The monoisotopic (exact) mass is 385 g/mol. The van der Waals surface area contributed by atoms with E-state index in [0.29, 0.717) is 36.4 Å². The smallest absolute Gasteiger partial charge is 0.340 e. The molecule has 2 N–H and O–H groups in total. The molecule has 1 aromatic carbocycles. The lowest BCUT2D eigenvalue weighted by molar-refractivity contribution is -0.928. The highest BCUT2D eigenvalue weighted by atomic mass is 32.1. The van der Waals surface area contributed by atoms with E-state index >= 15 is 0 Å². The van der Waals surface area contributed by atoms with Gasteiger partial charge in [0.1, 0.15) is 6.04 Å². The van der Waals surface area contributed by atoms with Crippen molar-refractivity contribution in [3.05, 3.63) is 51.7 Å². The quantitative estimate of drug-likeness (QED) is 0.751. The van der Waals surface area contributed by atoms with E-state index < -0.39 is 5.97 Å². The molecule has 2 aliphatic rings. The summed E-state index contributed by atoms with van der Waals surface area (Å²) in [6.07, 6.45) is 3.56. The second-order valence-electron chi connectivity index (χ2n) is 7.26. The number of quaternary nitrogens is 1. The molecule has 1 unspecified atom stereocenters. The number of benzene rings is 1. The lowest BCUT2D eigenvalue weighted by Gasteiger charge is -2.32. The third kappa shape index (κ3) is 3.92. The lowest BCUT2D eigenvalue weighted by Crippen LogP contribution is -3.14. The van der Waals surface area contributed by atoms with Gasteiger partial charge in [0.25, 0.3) is 5.91 Å². The largest absolute Gasteiger partial charge is 0.462 e. The van der Waals surface area contributed by atoms with Crippen molar-refractivity contribution in [3.63, 3.8) is 0 Å². The van der Waals surface area contributed by atoms with Gasteiger partial charge < -0.3 is 15.0 Å². The number of carbonyl (C=O) groups excluding carboxylic acids is 2. The van der Waals surface area contributed by atoms with E-state index in [2.05, 4.69) is 16.8 Å². The van der Waals surface area contributed by atoms with Crippen LogP contribution in [0.5, 0.6) is 0 Å². The highest BCUT2D eigenvalue weighted by Gasteiger charge is 2.43. The van der Waals surface area contributed by atoms with Crippen LogP contribution in [0.4, 0.5) is 5.69 Å². The van der Waals surface area contributed by atoms with E-state index in [4.69, 9.17) is 4.74 Å². The van der Waals surface area contributed by atoms with E-state index in [1.54, 1.807) is 25.1 Å². The molecular formula is C21H25N2O3S+. The third-order valence-electron chi connectivity index (χ3n) is 5.41. The minimum absolute atomic E-state index is 0.0499. The zero-order valence-corrected chi connectivity index (χ0v) is 16.3. The number of nitrogens with one attached hydrogen (secondary N) is 2. The van der Waals surface area contributed by atoms with Crippen molar-refractivity contribution in [2.24, 2.45) is 5.92 Å². The fourth-order valence-corrected chi connectivity index (χ4v) is 5.01. The Morgan fingerprint density at radius 3 is 2.85 bits per heavy atom. The Morgan fingerprint density at radius 2 is 2.07 bits per heavy atom. The van der Waals surface area contributed by atoms with E-state index in [-0.39, 0.29) is 5.91 Å². The van der Waals surface area contributed by atoms with Crippen LogP contribution in [0.1, 0.15) is 46.6 Å². The summed E-state index contributed by atoms with van der Waals surface area (Å²) in [7, 11) is 0. The maximum absolute atomic E-state index is 12.8. The second kappa shape index (κ2) is 7.82. The number of rotatable bonds is 6. The molecule has 27 heavy (non-hydrogen) atoms. The summed E-state index contributed by atoms with van der Waals surface area (Å²) >= 11 is 1.84. The molecule has 1 aliphatic heterocycles. The SMILES string of the molecule is CCOC(=O)c1ccccc1NC(=O)C[NH+]1CCc2sccc2[C@H]1C1CC1. The normalized spacial score (nSPS) is 21.4. The molecule has 4 rings (SSSR count). The molecule has 6 heteroatoms. The van der Waals surface area contributed by atoms with Crippen LogP contribution in [0.25, 0.3) is 0 Å². The van der Waals surface area contributed by atoms with Gasteiger partial charge in [-0.15, -0.1) is 11.3 Å². The maximum atomic E-state index is 12.8. The summed E-state index contributed by atoms with van der Waals surface area (Å²) in [4.78, 5) is 27.7. The molecule has 2 atom stereocenters. The van der Waals surface area contributed by atoms with Crippen LogP contribution in [0.15, 0.2) is 35.7 Å². The Hall–Kier alpha value is -2.18. The molecule has 2 heterocycles. The molecule has 5 nitrogen and oxygen atoms in total. The Bertz CT molecular complexity index is 843. The van der Waals surface area contributed by atoms with Crippen LogP contribution < -0.4 is 10.2 Å². The van der Waals surface area contributed by atoms with Crippen molar-refractivity contribution >= 4 is 28.9 Å². The molecule has 0 spiro atoms. The van der Waals surface area contributed by atoms with Gasteiger partial charge >= 0.3 is 5.97 Å². The van der Waals surface area contributed by atoms with Crippen LogP contribution in [0.3, 0.4) is 0 Å². The van der Waals surface area contributed by atoms with Crippen molar-refractivity contribution in [1.82, 2.24) is 0 Å². The van der Waals surface area contributed by atoms with E-state index in [1.807, 2.05) is 17.4 Å². The average Bonchev–Trinajstić information content (AvgIpc) is 3.38. The van der Waals surface area contributed by atoms with Crippen LogP contribution in [-0.4, -0.2) is 31.6 Å². The minimum atomic E-state index is -0.405. The summed E-state index contributed by atoms with van der Waals surface area (Å²) < 4.78 is 5.09. The number of hydrogen-bond donors (Lipinski definition) is 2. The van der Waals surface area contributed by atoms with Gasteiger partial charge in [-0.2, -0.15) is 0 Å². The van der Waals surface area contributed by atoms with Gasteiger partial charge in [0, 0.05) is 22.8 Å². The van der Waals surface area contributed by atoms with Gasteiger partial charge in [-0.05, 0) is 43.3 Å². The van der Waals surface area contributed by atoms with E-state index in [0.717, 1.165) is 13.0 Å². The second-order valence-corrected chi connectivity index (χ2v) is 8.26. The first-order valence-electron chi connectivity index (χ1n) is 9.64. The first kappa shape index (κ1) is 18.2. The number of ether oxygens (including phenoxy) is 1. The van der Waals surface area contributed by atoms with Crippen molar-refractivity contribution in [2.75, 3.05) is 25.0 Å². The van der Waals surface area contributed by atoms with Gasteiger partial charge in [0.15, 0.2) is 6.54 Å². The standard InChI is InChI=1S/C21H24N2O3S/c1-2-26-21(25)15-5-3-4-6-17(15)22-19(24)13-23-11-9-18-16(10-12-27-18)20(23)14-7-8-14/h3-6,10,12,14,20H,2,7-9,11,13H2,1H3,(H,22,24)/p+1/t20-/m1/s1. The van der Waals surface area contributed by atoms with Gasteiger partial charge in [0.05, 0.1) is 24.4 Å². The van der Waals surface area contributed by atoms with Gasteiger partial charge in [0.2, 0.25) is 0 Å². The van der Waals surface area contributed by atoms with Gasteiger partial charge in [-0.1, -0.05) is 12.1 Å². The number of esters is 1. The molecule has 2 aromatic rings. The molecule has 1 saturated carbocycles. The number of para-hydroxylation sites is 1. The highest BCUT2D eigenvalue weighted by Crippen LogP contribution is 2.42. The molecule has 0 radical (unpaired) electrons. The topological polar surface area (TPSA) is 59.8 Å². The van der Waals surface area contributed by atoms with Crippen molar-refractivity contribution < 1.29 is 19.2 Å². The first-order chi connectivity index (χ1) is 13.2. The molecule has 0 bridgehead atoms. The highest BCUT2D eigenvalue weighted by molar-refractivity contribution is 7.10. The summed E-state index contributed by atoms with van der Waals surface area (Å²) in [6, 6.07) is 9.72. The minimum Gasteiger partial charge on any atom is -0.462 e. The van der Waals surface area contributed by atoms with Crippen molar-refractivity contribution in [1.29, 1.82) is 0 Å². The van der Waals surface area contributed by atoms with Gasteiger partial charge in [-0.3, -0.25) is 4.79 Å². The molecule has 142 valence electrons. The first-order valence-corrected chi connectivity index (χ1v) is 10.5. The Morgan fingerprint density at radius 1 is 1.26 bits per heavy atom. The number of thiophene rings is 1. The summed E-state index contributed by atoms with van der Waals surface area (Å²) in [5, 5.41) is 5.12. The van der Waals surface area contributed by atoms with Crippen LogP contribution in [0.2, 0.25) is 0 Å². The zero-order valence-electron chi connectivity index (χ0n) is 15.5. The van der Waals surface area contributed by atoms with Gasteiger partial charge in [-0.25, -0.2) is 4.79 Å². The number of amides is 1. The summed E-state index contributed by atoms with van der Waals surface area (Å²) in [5.41, 5.74) is 2.38. The molecular weight excluding hydrogens is 360 g/mol. The Kier molecular flexibility index (Phi) is 5.27. The molecule has 1 amide bonds. The zero-order chi connectivity index (χ0) is 18.8. The average molecular weight is 386 g/mol. The molecule has 1 aliphatic carbocycles. The number of anilines is 1. The fraction of sp³-hybridized carbons (Fsp3) is 0.429. The summed E-state index contributed by atoms with van der Waals surface area (Å²) in [5.74, 6) is 0.247. The number of fused-ring (bicyclic) bond motifs is 1. The predicted octanol–water partition coefficient (Wildman–Crippen LogP) is 2.46. The lowest BCUT2D eigenvalue weighted by atomic mass is 9.96. The Labute approximate surface area is 163 Å². The fourth-order valence-electron chi connectivity index (χ4n) is 4.08. The van der Waals surface area contributed by atoms with Crippen LogP contribution in [0, 0.1) is 5.92 Å². The Balaban J connectivity index is 1.47. The molecule has 1 aromatic heterocycles. The van der Waals surface area contributed by atoms with E-state index in [9.17, 15) is 9.59 Å². The number of hydrogen-bond acceptors (Lipinski definition) is 4. The number of carbonyl (C=O) groups is 2. The molecule has 1 fully saturated rings. The summed E-state index contributed by atoms with van der Waals surface area (Å²) in [6.45, 7) is 3.50.